The molecule has 23 heavy (non-hydrogen) atoms. The van der Waals surface area contributed by atoms with Crippen molar-refractivity contribution in [2.75, 3.05) is 13.6 Å². The molecule has 2 N–H and O–H groups in total. The van der Waals surface area contributed by atoms with Crippen LogP contribution in [0.25, 0.3) is 0 Å². The van der Waals surface area contributed by atoms with E-state index < -0.39 is 11.6 Å². The first kappa shape index (κ1) is 17.3. The SMILES string of the molecule is CN=C(NCCCc1nc(C)cs1)NCc1cc(F)ccc1F. The predicted octanol–water partition coefficient (Wildman–Crippen LogP) is 3.03. The van der Waals surface area contributed by atoms with Gasteiger partial charge in [-0.25, -0.2) is 13.8 Å². The molecule has 4 nitrogen and oxygen atoms in total. The van der Waals surface area contributed by atoms with Gasteiger partial charge in [0, 0.05) is 43.2 Å². The zero-order valence-electron chi connectivity index (χ0n) is 13.2. The van der Waals surface area contributed by atoms with Crippen LogP contribution in [0.4, 0.5) is 8.78 Å². The minimum atomic E-state index is -0.454. The number of guanidine groups is 1. The normalized spacial score (nSPS) is 11.6. The first-order valence-corrected chi connectivity index (χ1v) is 8.26. The molecule has 0 atom stereocenters. The lowest BCUT2D eigenvalue weighted by molar-refractivity contribution is 0.581. The maximum Gasteiger partial charge on any atom is 0.191 e. The predicted molar refractivity (Wildman–Crippen MR) is 89.7 cm³/mol. The van der Waals surface area contributed by atoms with Crippen LogP contribution in [-0.2, 0) is 13.0 Å². The quantitative estimate of drug-likeness (QED) is 0.484. The summed E-state index contributed by atoms with van der Waals surface area (Å²) in [5, 5.41) is 9.28. The van der Waals surface area contributed by atoms with Crippen LogP contribution in [0.5, 0.6) is 0 Å². The van der Waals surface area contributed by atoms with Crippen molar-refractivity contribution < 1.29 is 8.78 Å². The molecule has 0 radical (unpaired) electrons. The number of benzene rings is 1. The fourth-order valence-corrected chi connectivity index (χ4v) is 2.86. The number of nitrogens with one attached hydrogen (secondary N) is 2. The molecule has 0 aliphatic heterocycles. The molecule has 2 aromatic rings. The molecule has 0 spiro atoms. The van der Waals surface area contributed by atoms with Crippen molar-refractivity contribution >= 4 is 17.3 Å². The third-order valence-corrected chi connectivity index (χ3v) is 4.23. The molecule has 0 unspecified atom stereocenters. The number of nitrogens with zero attached hydrogens (tertiary/aromatic N) is 2. The highest BCUT2D eigenvalue weighted by Crippen LogP contribution is 2.10. The summed E-state index contributed by atoms with van der Waals surface area (Å²) in [6, 6.07) is 3.41. The van der Waals surface area contributed by atoms with Gasteiger partial charge < -0.3 is 10.6 Å². The van der Waals surface area contributed by atoms with Gasteiger partial charge >= 0.3 is 0 Å². The van der Waals surface area contributed by atoms with Gasteiger partial charge in [-0.2, -0.15) is 0 Å². The molecule has 0 saturated carbocycles. The highest BCUT2D eigenvalue weighted by Gasteiger charge is 2.05. The van der Waals surface area contributed by atoms with E-state index in [9.17, 15) is 8.78 Å². The lowest BCUT2D eigenvalue weighted by atomic mass is 10.2. The summed E-state index contributed by atoms with van der Waals surface area (Å²) in [4.78, 5) is 8.48. The first-order chi connectivity index (χ1) is 11.1. The van der Waals surface area contributed by atoms with E-state index in [4.69, 9.17) is 0 Å². The average molecular weight is 338 g/mol. The second-order valence-electron chi connectivity index (χ2n) is 5.07. The molecule has 0 fully saturated rings. The smallest absolute Gasteiger partial charge is 0.191 e. The van der Waals surface area contributed by atoms with Gasteiger partial charge in [0.25, 0.3) is 0 Å². The maximum atomic E-state index is 13.5. The van der Waals surface area contributed by atoms with Crippen molar-refractivity contribution in [1.29, 1.82) is 0 Å². The summed E-state index contributed by atoms with van der Waals surface area (Å²) in [7, 11) is 1.64. The van der Waals surface area contributed by atoms with Crippen LogP contribution in [0.2, 0.25) is 0 Å². The van der Waals surface area contributed by atoms with Gasteiger partial charge in [0.05, 0.1) is 5.01 Å². The van der Waals surface area contributed by atoms with Crippen LogP contribution >= 0.6 is 11.3 Å². The van der Waals surface area contributed by atoms with Gasteiger partial charge in [0.2, 0.25) is 0 Å². The monoisotopic (exact) mass is 338 g/mol. The van der Waals surface area contributed by atoms with Crippen LogP contribution < -0.4 is 10.6 Å². The van der Waals surface area contributed by atoms with Gasteiger partial charge in [-0.1, -0.05) is 0 Å². The Hall–Kier alpha value is -2.02. The third-order valence-electron chi connectivity index (χ3n) is 3.20. The van der Waals surface area contributed by atoms with Crippen molar-refractivity contribution in [3.8, 4) is 0 Å². The summed E-state index contributed by atoms with van der Waals surface area (Å²) in [5.41, 5.74) is 1.32. The van der Waals surface area contributed by atoms with Crippen molar-refractivity contribution in [3.63, 3.8) is 0 Å². The summed E-state index contributed by atoms with van der Waals surface area (Å²) in [6.45, 7) is 2.88. The number of hydrogen-bond acceptors (Lipinski definition) is 3. The summed E-state index contributed by atoms with van der Waals surface area (Å²) < 4.78 is 26.7. The third kappa shape index (κ3) is 5.59. The Balaban J connectivity index is 1.74. The summed E-state index contributed by atoms with van der Waals surface area (Å²) in [6.07, 6.45) is 1.82. The van der Waals surface area contributed by atoms with Crippen molar-refractivity contribution in [3.05, 3.63) is 51.5 Å². The summed E-state index contributed by atoms with van der Waals surface area (Å²) in [5.74, 6) is -0.331. The van der Waals surface area contributed by atoms with E-state index >= 15 is 0 Å². The number of rotatable bonds is 6. The first-order valence-electron chi connectivity index (χ1n) is 7.38. The fraction of sp³-hybridized carbons (Fsp3) is 0.375. The van der Waals surface area contributed by atoms with Gasteiger partial charge in [0.1, 0.15) is 11.6 Å². The Morgan fingerprint density at radius 1 is 1.30 bits per heavy atom. The van der Waals surface area contributed by atoms with Gasteiger partial charge in [-0.3, -0.25) is 4.99 Å². The molecule has 7 heteroatoms. The Labute approximate surface area is 138 Å². The largest absolute Gasteiger partial charge is 0.356 e. The number of aryl methyl sites for hydroxylation is 2. The molecule has 1 aromatic carbocycles. The minimum Gasteiger partial charge on any atom is -0.356 e. The van der Waals surface area contributed by atoms with E-state index in [1.165, 1.54) is 6.07 Å². The van der Waals surface area contributed by atoms with Crippen LogP contribution in [0.1, 0.15) is 22.7 Å². The van der Waals surface area contributed by atoms with E-state index in [0.29, 0.717) is 5.96 Å². The van der Waals surface area contributed by atoms with Gasteiger partial charge in [-0.15, -0.1) is 11.3 Å². The summed E-state index contributed by atoms with van der Waals surface area (Å²) >= 11 is 1.66. The zero-order chi connectivity index (χ0) is 16.7. The second kappa shape index (κ2) is 8.57. The van der Waals surface area contributed by atoms with E-state index in [-0.39, 0.29) is 12.1 Å². The molecule has 0 aliphatic rings. The molecule has 0 saturated heterocycles. The standard InChI is InChI=1S/C16H20F2N4S/c1-11-10-23-15(22-11)4-3-7-20-16(19-2)21-9-12-8-13(17)5-6-14(12)18/h5-6,8,10H,3-4,7,9H2,1-2H3,(H2,19,20,21). The molecular formula is C16H20F2N4S. The highest BCUT2D eigenvalue weighted by atomic mass is 32.1. The van der Waals surface area contributed by atoms with Crippen LogP contribution in [0.3, 0.4) is 0 Å². The van der Waals surface area contributed by atoms with Crippen LogP contribution in [0, 0.1) is 18.6 Å². The van der Waals surface area contributed by atoms with Crippen LogP contribution in [0.15, 0.2) is 28.6 Å². The zero-order valence-corrected chi connectivity index (χ0v) is 14.0. The molecule has 1 heterocycles. The molecule has 0 bridgehead atoms. The Bertz CT molecular complexity index is 670. The molecule has 124 valence electrons. The number of halogens is 2. The maximum absolute atomic E-state index is 13.5. The number of aliphatic imine (C=N–C) groups is 1. The van der Waals surface area contributed by atoms with E-state index in [2.05, 4.69) is 20.6 Å². The lowest BCUT2D eigenvalue weighted by Crippen LogP contribution is -2.37. The Morgan fingerprint density at radius 3 is 2.83 bits per heavy atom. The molecule has 0 aliphatic carbocycles. The fourth-order valence-electron chi connectivity index (χ4n) is 2.04. The molecule has 0 amide bonds. The molecule has 1 aromatic heterocycles. The van der Waals surface area contributed by atoms with E-state index in [0.717, 1.165) is 42.2 Å². The number of thiazole rings is 1. The van der Waals surface area contributed by atoms with Gasteiger partial charge in [-0.05, 0) is 31.5 Å². The topological polar surface area (TPSA) is 49.3 Å². The van der Waals surface area contributed by atoms with E-state index in [1.807, 2.05) is 12.3 Å². The van der Waals surface area contributed by atoms with Crippen molar-refractivity contribution in [2.45, 2.75) is 26.3 Å². The van der Waals surface area contributed by atoms with Crippen molar-refractivity contribution in [1.82, 2.24) is 15.6 Å². The number of hydrogen-bond donors (Lipinski definition) is 2. The Morgan fingerprint density at radius 2 is 2.13 bits per heavy atom. The molecule has 2 rings (SSSR count). The number of aromatic nitrogens is 1. The van der Waals surface area contributed by atoms with Crippen LogP contribution in [-0.4, -0.2) is 24.5 Å². The molecular weight excluding hydrogens is 318 g/mol. The minimum absolute atomic E-state index is 0.176. The average Bonchev–Trinajstić information content (AvgIpc) is 2.95. The lowest BCUT2D eigenvalue weighted by Gasteiger charge is -2.12. The highest BCUT2D eigenvalue weighted by molar-refractivity contribution is 7.09. The van der Waals surface area contributed by atoms with Gasteiger partial charge in [0.15, 0.2) is 5.96 Å². The van der Waals surface area contributed by atoms with E-state index in [1.54, 1.807) is 18.4 Å². The Kier molecular flexibility index (Phi) is 6.46. The second-order valence-corrected chi connectivity index (χ2v) is 6.02. The van der Waals surface area contributed by atoms with Crippen molar-refractivity contribution in [2.24, 2.45) is 4.99 Å².